The van der Waals surface area contributed by atoms with Crippen molar-refractivity contribution in [2.24, 2.45) is 7.05 Å². The smallest absolute Gasteiger partial charge is 0.298 e. The Hall–Kier alpha value is -2.51. The highest BCUT2D eigenvalue weighted by Crippen LogP contribution is 2.28. The Morgan fingerprint density at radius 3 is 2.41 bits per heavy atom. The summed E-state index contributed by atoms with van der Waals surface area (Å²) in [5.74, 6) is -0.840. The van der Waals surface area contributed by atoms with Crippen molar-refractivity contribution in [2.75, 3.05) is 0 Å². The van der Waals surface area contributed by atoms with Gasteiger partial charge in [0.15, 0.2) is 0 Å². The van der Waals surface area contributed by atoms with Crippen LogP contribution in [0.1, 0.15) is 21.6 Å². The average Bonchev–Trinajstić information content (AvgIpc) is 2.40. The van der Waals surface area contributed by atoms with E-state index >= 15 is 0 Å². The van der Waals surface area contributed by atoms with Crippen molar-refractivity contribution in [3.8, 4) is 11.3 Å². The van der Waals surface area contributed by atoms with Crippen LogP contribution in [0.25, 0.3) is 11.3 Å². The second-order valence-electron chi connectivity index (χ2n) is 4.67. The molecule has 0 aliphatic carbocycles. The number of aldehydes is 1. The van der Waals surface area contributed by atoms with Crippen LogP contribution in [0.5, 0.6) is 0 Å². The predicted octanol–water partition coefficient (Wildman–Crippen LogP) is 2.73. The molecule has 2 rings (SSSR count). The van der Waals surface area contributed by atoms with E-state index in [1.807, 2.05) is 0 Å². The van der Waals surface area contributed by atoms with Crippen LogP contribution in [-0.4, -0.2) is 16.1 Å². The Morgan fingerprint density at radius 2 is 1.86 bits per heavy atom. The molecule has 0 bridgehead atoms. The number of benzene rings is 1. The first-order chi connectivity index (χ1) is 10.1. The molecule has 116 valence electrons. The molecule has 0 amide bonds. The van der Waals surface area contributed by atoms with Gasteiger partial charge in [-0.2, -0.15) is 18.3 Å². The minimum Gasteiger partial charge on any atom is -0.298 e. The van der Waals surface area contributed by atoms with Gasteiger partial charge in [0.1, 0.15) is 23.5 Å². The van der Waals surface area contributed by atoms with Crippen molar-refractivity contribution in [1.29, 1.82) is 0 Å². The van der Waals surface area contributed by atoms with E-state index in [2.05, 4.69) is 5.10 Å². The van der Waals surface area contributed by atoms with Gasteiger partial charge in [0.05, 0.1) is 0 Å². The number of aromatic nitrogens is 2. The Bertz CT molecular complexity index is 810. The third-order valence-electron chi connectivity index (χ3n) is 3.13. The number of carbonyl (C=O) groups excluding carboxylic acids is 1. The molecule has 1 heterocycles. The SMILES string of the molecule is Cc1cc(F)c(-c2nn(C)c(C(F)(F)F)cc2=O)cc1C=O. The molecule has 22 heavy (non-hydrogen) atoms. The number of alkyl halides is 3. The third-order valence-corrected chi connectivity index (χ3v) is 3.13. The molecule has 0 radical (unpaired) electrons. The lowest BCUT2D eigenvalue weighted by molar-refractivity contribution is -0.144. The Balaban J connectivity index is 2.72. The van der Waals surface area contributed by atoms with Crippen LogP contribution in [0, 0.1) is 12.7 Å². The fraction of sp³-hybridized carbons (Fsp3) is 0.214. The lowest BCUT2D eigenvalue weighted by Crippen LogP contribution is -2.23. The number of nitrogens with zero attached hydrogens (tertiary/aromatic N) is 2. The maximum atomic E-state index is 14.0. The predicted molar refractivity (Wildman–Crippen MR) is 70.0 cm³/mol. The summed E-state index contributed by atoms with van der Waals surface area (Å²) in [6.07, 6.45) is -4.29. The largest absolute Gasteiger partial charge is 0.433 e. The molecule has 0 spiro atoms. The second kappa shape index (κ2) is 5.36. The van der Waals surface area contributed by atoms with Crippen LogP contribution in [0.2, 0.25) is 0 Å². The van der Waals surface area contributed by atoms with E-state index < -0.39 is 28.8 Å². The van der Waals surface area contributed by atoms with Crippen LogP contribution >= 0.6 is 0 Å². The number of halogens is 4. The van der Waals surface area contributed by atoms with Crippen LogP contribution < -0.4 is 5.43 Å². The lowest BCUT2D eigenvalue weighted by Gasteiger charge is -2.13. The number of aryl methyl sites for hydroxylation is 2. The number of hydrogen-bond acceptors (Lipinski definition) is 3. The zero-order chi connectivity index (χ0) is 16.7. The molecule has 0 aliphatic rings. The molecule has 0 fully saturated rings. The molecule has 4 nitrogen and oxygen atoms in total. The summed E-state index contributed by atoms with van der Waals surface area (Å²) in [5, 5.41) is 3.50. The minimum absolute atomic E-state index is 0.125. The Kier molecular flexibility index (Phi) is 3.87. The van der Waals surface area contributed by atoms with Crippen molar-refractivity contribution < 1.29 is 22.4 Å². The maximum Gasteiger partial charge on any atom is 0.433 e. The van der Waals surface area contributed by atoms with E-state index in [1.54, 1.807) is 0 Å². The van der Waals surface area contributed by atoms with Gasteiger partial charge in [-0.1, -0.05) is 0 Å². The fourth-order valence-corrected chi connectivity index (χ4v) is 1.99. The van der Waals surface area contributed by atoms with Crippen LogP contribution in [0.4, 0.5) is 17.6 Å². The molecule has 0 aliphatic heterocycles. The van der Waals surface area contributed by atoms with E-state index in [9.17, 15) is 27.2 Å². The van der Waals surface area contributed by atoms with E-state index in [-0.39, 0.29) is 11.1 Å². The average molecular weight is 314 g/mol. The first-order valence-corrected chi connectivity index (χ1v) is 6.06. The van der Waals surface area contributed by atoms with Gasteiger partial charge in [-0.3, -0.25) is 14.3 Å². The second-order valence-corrected chi connectivity index (χ2v) is 4.67. The van der Waals surface area contributed by atoms with Gasteiger partial charge in [-0.15, -0.1) is 0 Å². The van der Waals surface area contributed by atoms with Crippen molar-refractivity contribution >= 4 is 6.29 Å². The summed E-state index contributed by atoms with van der Waals surface area (Å²) in [7, 11) is 0.999. The van der Waals surface area contributed by atoms with E-state index in [1.165, 1.54) is 6.92 Å². The van der Waals surface area contributed by atoms with Crippen LogP contribution in [0.15, 0.2) is 23.0 Å². The lowest BCUT2D eigenvalue weighted by atomic mass is 10.0. The van der Waals surface area contributed by atoms with Crippen molar-refractivity contribution in [3.63, 3.8) is 0 Å². The summed E-state index contributed by atoms with van der Waals surface area (Å²) < 4.78 is 52.5. The van der Waals surface area contributed by atoms with Gasteiger partial charge in [0.25, 0.3) is 0 Å². The molecule has 2 aromatic rings. The van der Waals surface area contributed by atoms with E-state index in [0.717, 1.165) is 19.2 Å². The van der Waals surface area contributed by atoms with Gasteiger partial charge in [0, 0.05) is 24.2 Å². The Labute approximate surface area is 122 Å². The molecule has 8 heteroatoms. The van der Waals surface area contributed by atoms with E-state index in [0.29, 0.717) is 22.6 Å². The zero-order valence-corrected chi connectivity index (χ0v) is 11.5. The maximum absolute atomic E-state index is 14.0. The topological polar surface area (TPSA) is 52.0 Å². The first kappa shape index (κ1) is 15.9. The molecular formula is C14H10F4N2O2. The van der Waals surface area contributed by atoms with Crippen molar-refractivity contribution in [3.05, 3.63) is 51.1 Å². The van der Waals surface area contributed by atoms with Crippen LogP contribution in [0.3, 0.4) is 0 Å². The normalized spacial score (nSPS) is 11.5. The highest BCUT2D eigenvalue weighted by atomic mass is 19.4. The van der Waals surface area contributed by atoms with Crippen LogP contribution in [-0.2, 0) is 13.2 Å². The summed E-state index contributed by atoms with van der Waals surface area (Å²) in [5.41, 5.74) is -2.66. The van der Waals surface area contributed by atoms with Gasteiger partial charge in [-0.05, 0) is 24.6 Å². The number of rotatable bonds is 2. The molecule has 0 saturated carbocycles. The molecule has 0 unspecified atom stereocenters. The number of carbonyl (C=O) groups is 1. The molecule has 1 aromatic heterocycles. The molecular weight excluding hydrogens is 304 g/mol. The van der Waals surface area contributed by atoms with E-state index in [4.69, 9.17) is 0 Å². The van der Waals surface area contributed by atoms with Gasteiger partial charge >= 0.3 is 6.18 Å². The molecule has 1 aromatic carbocycles. The third kappa shape index (κ3) is 2.76. The minimum atomic E-state index is -4.75. The van der Waals surface area contributed by atoms with Gasteiger partial charge in [-0.25, -0.2) is 4.39 Å². The number of hydrogen-bond donors (Lipinski definition) is 0. The van der Waals surface area contributed by atoms with Crippen molar-refractivity contribution in [1.82, 2.24) is 9.78 Å². The monoisotopic (exact) mass is 314 g/mol. The molecule has 0 N–H and O–H groups in total. The first-order valence-electron chi connectivity index (χ1n) is 6.06. The summed E-state index contributed by atoms with van der Waals surface area (Å²) in [4.78, 5) is 22.7. The summed E-state index contributed by atoms with van der Waals surface area (Å²) in [6, 6.07) is 2.47. The standard InChI is InChI=1S/C14H10F4N2O2/c1-7-3-10(15)9(4-8(7)6-21)13-11(22)5-12(14(16,17)18)20(2)19-13/h3-6H,1-2H3. The fourth-order valence-electron chi connectivity index (χ4n) is 1.99. The molecule has 0 atom stereocenters. The summed E-state index contributed by atoms with van der Waals surface area (Å²) >= 11 is 0. The van der Waals surface area contributed by atoms with Crippen molar-refractivity contribution in [2.45, 2.75) is 13.1 Å². The highest BCUT2D eigenvalue weighted by Gasteiger charge is 2.34. The highest BCUT2D eigenvalue weighted by molar-refractivity contribution is 5.80. The quantitative estimate of drug-likeness (QED) is 0.632. The van der Waals surface area contributed by atoms with Gasteiger partial charge < -0.3 is 0 Å². The summed E-state index contributed by atoms with van der Waals surface area (Å²) in [6.45, 7) is 1.49. The zero-order valence-electron chi connectivity index (χ0n) is 11.5. The Morgan fingerprint density at radius 1 is 1.23 bits per heavy atom. The molecule has 0 saturated heterocycles. The van der Waals surface area contributed by atoms with Gasteiger partial charge in [0.2, 0.25) is 5.43 Å².